The van der Waals surface area contributed by atoms with E-state index < -0.39 is 0 Å². The highest BCUT2D eigenvalue weighted by molar-refractivity contribution is 5.04. The quantitative estimate of drug-likeness (QED) is 0.690. The highest BCUT2D eigenvalue weighted by Gasteiger charge is 2.19. The van der Waals surface area contributed by atoms with Gasteiger partial charge >= 0.3 is 0 Å². The molecule has 0 saturated carbocycles. The van der Waals surface area contributed by atoms with Crippen LogP contribution in [0.3, 0.4) is 0 Å². The minimum absolute atomic E-state index is 0.0852. The van der Waals surface area contributed by atoms with Crippen LogP contribution in [0.2, 0.25) is 0 Å². The van der Waals surface area contributed by atoms with Gasteiger partial charge in [-0.15, -0.1) is 0 Å². The maximum atomic E-state index is 11.3. The number of hydrogen-bond donors (Lipinski definition) is 1. The van der Waals surface area contributed by atoms with Gasteiger partial charge in [-0.05, 0) is 12.8 Å². The molecule has 1 N–H and O–H groups in total. The molecular formula is C9H12N2O2. The Morgan fingerprint density at radius 1 is 1.62 bits per heavy atom. The minimum atomic E-state index is -0.0852. The largest absolute Gasteiger partial charge is 0.381 e. The lowest BCUT2D eigenvalue weighted by Gasteiger charge is -2.20. The predicted molar refractivity (Wildman–Crippen MR) is 47.7 cm³/mol. The van der Waals surface area contributed by atoms with Crippen LogP contribution in [0.5, 0.6) is 0 Å². The zero-order chi connectivity index (χ0) is 9.10. The lowest BCUT2D eigenvalue weighted by molar-refractivity contribution is 0.0789. The van der Waals surface area contributed by atoms with Crippen molar-refractivity contribution >= 4 is 0 Å². The highest BCUT2D eigenvalue weighted by Crippen LogP contribution is 2.20. The second-order valence-electron chi connectivity index (χ2n) is 3.22. The van der Waals surface area contributed by atoms with E-state index in [1.54, 1.807) is 12.4 Å². The molecule has 1 aliphatic heterocycles. The molecule has 0 aromatic carbocycles. The minimum Gasteiger partial charge on any atom is -0.381 e. The van der Waals surface area contributed by atoms with Crippen LogP contribution < -0.4 is 5.56 Å². The Morgan fingerprint density at radius 3 is 3.23 bits per heavy atom. The molecule has 0 aliphatic carbocycles. The van der Waals surface area contributed by atoms with Crippen LogP contribution in [0.15, 0.2) is 17.2 Å². The highest BCUT2D eigenvalue weighted by atomic mass is 16.5. The summed E-state index contributed by atoms with van der Waals surface area (Å²) in [6.45, 7) is 1.43. The predicted octanol–water partition coefficient (Wildman–Crippen LogP) is 0.664. The Bertz CT molecular complexity index is 328. The smallest absolute Gasteiger partial charge is 0.270 e. The van der Waals surface area contributed by atoms with Crippen molar-refractivity contribution in [3.05, 3.63) is 28.4 Å². The summed E-state index contributed by atoms with van der Waals surface area (Å²) >= 11 is 0. The van der Waals surface area contributed by atoms with Crippen molar-refractivity contribution in [2.45, 2.75) is 18.8 Å². The number of ether oxygens (including phenoxy) is 1. The molecule has 1 saturated heterocycles. The maximum Gasteiger partial charge on any atom is 0.270 e. The Morgan fingerprint density at radius 2 is 2.54 bits per heavy atom. The Balaban J connectivity index is 2.24. The molecule has 1 fully saturated rings. The average molecular weight is 180 g/mol. The summed E-state index contributed by atoms with van der Waals surface area (Å²) in [5, 5.41) is 0. The summed E-state index contributed by atoms with van der Waals surface area (Å²) in [4.78, 5) is 18.0. The van der Waals surface area contributed by atoms with E-state index in [-0.39, 0.29) is 11.5 Å². The summed E-state index contributed by atoms with van der Waals surface area (Å²) < 4.78 is 5.30. The molecule has 1 aromatic heterocycles. The first-order chi connectivity index (χ1) is 6.38. The lowest BCUT2D eigenvalue weighted by Crippen LogP contribution is -2.24. The number of rotatable bonds is 1. The van der Waals surface area contributed by atoms with Gasteiger partial charge in [0.1, 0.15) is 5.69 Å². The van der Waals surface area contributed by atoms with Gasteiger partial charge in [0.05, 0.1) is 6.61 Å². The van der Waals surface area contributed by atoms with E-state index in [9.17, 15) is 4.79 Å². The molecule has 1 aliphatic rings. The molecular weight excluding hydrogens is 168 g/mol. The first-order valence-electron chi connectivity index (χ1n) is 4.49. The molecule has 1 unspecified atom stereocenters. The van der Waals surface area contributed by atoms with E-state index in [2.05, 4.69) is 9.97 Å². The van der Waals surface area contributed by atoms with E-state index in [0.29, 0.717) is 12.3 Å². The van der Waals surface area contributed by atoms with E-state index >= 15 is 0 Å². The molecule has 1 aromatic rings. The normalized spacial score (nSPS) is 22.9. The van der Waals surface area contributed by atoms with Crippen LogP contribution in [0.1, 0.15) is 24.5 Å². The molecule has 4 nitrogen and oxygen atoms in total. The van der Waals surface area contributed by atoms with E-state index in [4.69, 9.17) is 4.74 Å². The first-order valence-corrected chi connectivity index (χ1v) is 4.49. The fraction of sp³-hybridized carbons (Fsp3) is 0.556. The summed E-state index contributed by atoms with van der Waals surface area (Å²) in [5.41, 5.74) is 0.528. The summed E-state index contributed by atoms with van der Waals surface area (Å²) in [7, 11) is 0. The molecule has 0 amide bonds. The van der Waals surface area contributed by atoms with Crippen molar-refractivity contribution in [3.8, 4) is 0 Å². The van der Waals surface area contributed by atoms with Gasteiger partial charge in [-0.25, -0.2) is 0 Å². The molecule has 70 valence electrons. The maximum absolute atomic E-state index is 11.3. The Hall–Kier alpha value is -1.16. The topological polar surface area (TPSA) is 55.0 Å². The standard InChI is InChI=1S/C9H12N2O2/c12-9-8(10-3-4-11-9)7-2-1-5-13-6-7/h3-4,7H,1-2,5-6H2,(H,11,12). The van der Waals surface area contributed by atoms with Gasteiger partial charge in [0.15, 0.2) is 0 Å². The summed E-state index contributed by atoms with van der Waals surface area (Å²) in [5.74, 6) is 0.179. The van der Waals surface area contributed by atoms with Gasteiger partial charge in [-0.3, -0.25) is 9.78 Å². The van der Waals surface area contributed by atoms with Crippen LogP contribution in [0.25, 0.3) is 0 Å². The number of aromatic amines is 1. The summed E-state index contributed by atoms with van der Waals surface area (Å²) in [6.07, 6.45) is 5.18. The van der Waals surface area contributed by atoms with Crippen molar-refractivity contribution in [2.24, 2.45) is 0 Å². The van der Waals surface area contributed by atoms with E-state index in [1.807, 2.05) is 0 Å². The zero-order valence-corrected chi connectivity index (χ0v) is 7.32. The number of hydrogen-bond acceptors (Lipinski definition) is 3. The molecule has 13 heavy (non-hydrogen) atoms. The SMILES string of the molecule is O=c1[nH]ccnc1C1CCCOC1. The van der Waals surface area contributed by atoms with Crippen LogP contribution in [-0.2, 0) is 4.74 Å². The Kier molecular flexibility index (Phi) is 2.40. The van der Waals surface area contributed by atoms with E-state index in [1.165, 1.54) is 0 Å². The van der Waals surface area contributed by atoms with Gasteiger partial charge in [0.2, 0.25) is 0 Å². The molecule has 2 heterocycles. The molecule has 2 rings (SSSR count). The fourth-order valence-corrected chi connectivity index (χ4v) is 1.61. The second-order valence-corrected chi connectivity index (χ2v) is 3.22. The van der Waals surface area contributed by atoms with Crippen molar-refractivity contribution in [1.82, 2.24) is 9.97 Å². The molecule has 0 spiro atoms. The fourth-order valence-electron chi connectivity index (χ4n) is 1.61. The van der Waals surface area contributed by atoms with Crippen LogP contribution >= 0.6 is 0 Å². The van der Waals surface area contributed by atoms with Crippen molar-refractivity contribution < 1.29 is 4.74 Å². The van der Waals surface area contributed by atoms with Gasteiger partial charge in [-0.1, -0.05) is 0 Å². The van der Waals surface area contributed by atoms with Crippen molar-refractivity contribution in [2.75, 3.05) is 13.2 Å². The number of nitrogens with one attached hydrogen (secondary N) is 1. The molecule has 0 bridgehead atoms. The summed E-state index contributed by atoms with van der Waals surface area (Å²) in [6, 6.07) is 0. The number of aromatic nitrogens is 2. The van der Waals surface area contributed by atoms with Crippen molar-refractivity contribution in [1.29, 1.82) is 0 Å². The van der Waals surface area contributed by atoms with Crippen LogP contribution in [0.4, 0.5) is 0 Å². The van der Waals surface area contributed by atoms with Gasteiger partial charge in [-0.2, -0.15) is 0 Å². The molecule has 4 heteroatoms. The second kappa shape index (κ2) is 3.70. The van der Waals surface area contributed by atoms with Gasteiger partial charge in [0, 0.05) is 24.9 Å². The van der Waals surface area contributed by atoms with Crippen molar-refractivity contribution in [3.63, 3.8) is 0 Å². The van der Waals surface area contributed by atoms with E-state index in [0.717, 1.165) is 19.4 Å². The Labute approximate surface area is 76.0 Å². The molecule has 1 atom stereocenters. The molecule has 0 radical (unpaired) electrons. The third-order valence-corrected chi connectivity index (χ3v) is 2.28. The zero-order valence-electron chi connectivity index (χ0n) is 7.32. The average Bonchev–Trinajstić information content (AvgIpc) is 2.20. The lowest BCUT2D eigenvalue weighted by atomic mass is 9.99. The first kappa shape index (κ1) is 8.44. The third-order valence-electron chi connectivity index (χ3n) is 2.28. The third kappa shape index (κ3) is 1.78. The van der Waals surface area contributed by atoms with Gasteiger partial charge < -0.3 is 9.72 Å². The monoisotopic (exact) mass is 180 g/mol. The van der Waals surface area contributed by atoms with Crippen LogP contribution in [-0.4, -0.2) is 23.2 Å². The number of nitrogens with zero attached hydrogens (tertiary/aromatic N) is 1. The number of H-pyrrole nitrogens is 1. The van der Waals surface area contributed by atoms with Crippen LogP contribution in [0, 0.1) is 0 Å². The van der Waals surface area contributed by atoms with Gasteiger partial charge in [0.25, 0.3) is 5.56 Å².